The van der Waals surface area contributed by atoms with Crippen molar-refractivity contribution in [2.75, 3.05) is 5.32 Å². The summed E-state index contributed by atoms with van der Waals surface area (Å²) in [5.74, 6) is 0. The third kappa shape index (κ3) is 3.68. The van der Waals surface area contributed by atoms with Crippen molar-refractivity contribution in [1.82, 2.24) is 0 Å². The van der Waals surface area contributed by atoms with Gasteiger partial charge in [0, 0.05) is 20.4 Å². The second kappa shape index (κ2) is 5.95. The maximum atomic E-state index is 12.8. The zero-order valence-corrected chi connectivity index (χ0v) is 13.4. The Labute approximate surface area is 131 Å². The summed E-state index contributed by atoms with van der Waals surface area (Å²) < 4.78 is 39.3. The number of anilines is 1. The van der Waals surface area contributed by atoms with Gasteiger partial charge in [-0.2, -0.15) is 13.2 Å². The van der Waals surface area contributed by atoms with Crippen molar-refractivity contribution >= 4 is 44.6 Å². The molecule has 0 aliphatic rings. The van der Waals surface area contributed by atoms with Gasteiger partial charge in [0.2, 0.25) is 0 Å². The zero-order chi connectivity index (χ0) is 14.9. The fourth-order valence-corrected chi connectivity index (χ4v) is 3.39. The van der Waals surface area contributed by atoms with Crippen LogP contribution in [0.1, 0.15) is 23.4 Å². The first-order chi connectivity index (χ1) is 9.27. The molecule has 0 amide bonds. The fraction of sp³-hybridized carbons (Fsp3) is 0.231. The summed E-state index contributed by atoms with van der Waals surface area (Å²) in [5.41, 5.74) is -0.442. The van der Waals surface area contributed by atoms with E-state index in [0.29, 0.717) is 5.69 Å². The molecule has 1 aromatic heterocycles. The van der Waals surface area contributed by atoms with E-state index in [4.69, 9.17) is 11.6 Å². The Morgan fingerprint density at radius 2 is 2.00 bits per heavy atom. The molecule has 1 N–H and O–H groups in total. The first-order valence-corrected chi connectivity index (χ1v) is 7.69. The Kier molecular flexibility index (Phi) is 4.66. The van der Waals surface area contributed by atoms with E-state index in [-0.39, 0.29) is 11.1 Å². The van der Waals surface area contributed by atoms with Crippen LogP contribution in [0.2, 0.25) is 5.02 Å². The largest absolute Gasteiger partial charge is 0.417 e. The normalized spacial score (nSPS) is 13.3. The van der Waals surface area contributed by atoms with Crippen molar-refractivity contribution in [3.63, 3.8) is 0 Å². The quantitative estimate of drug-likeness (QED) is 0.649. The first kappa shape index (κ1) is 15.7. The van der Waals surface area contributed by atoms with Gasteiger partial charge < -0.3 is 5.32 Å². The van der Waals surface area contributed by atoms with Crippen molar-refractivity contribution in [3.8, 4) is 0 Å². The molecule has 0 bridgehead atoms. The molecule has 0 saturated carbocycles. The lowest BCUT2D eigenvalue weighted by Crippen LogP contribution is -2.09. The van der Waals surface area contributed by atoms with Gasteiger partial charge in [0.25, 0.3) is 0 Å². The van der Waals surface area contributed by atoms with Crippen LogP contribution in [0.4, 0.5) is 18.9 Å². The third-order valence-electron chi connectivity index (χ3n) is 2.67. The first-order valence-electron chi connectivity index (χ1n) is 5.64. The maximum Gasteiger partial charge on any atom is 0.417 e. The summed E-state index contributed by atoms with van der Waals surface area (Å²) in [6.07, 6.45) is -4.45. The minimum Gasteiger partial charge on any atom is -0.378 e. The van der Waals surface area contributed by atoms with E-state index in [1.54, 1.807) is 0 Å². The molecule has 7 heteroatoms. The van der Waals surface area contributed by atoms with Gasteiger partial charge in [-0.1, -0.05) is 11.6 Å². The number of hydrogen-bond donors (Lipinski definition) is 1. The molecule has 1 heterocycles. The van der Waals surface area contributed by atoms with Crippen LogP contribution in [0.15, 0.2) is 34.1 Å². The Hall–Kier alpha value is -0.720. The molecule has 0 aliphatic carbocycles. The average Bonchev–Trinajstić information content (AvgIpc) is 2.77. The molecule has 1 atom stereocenters. The summed E-state index contributed by atoms with van der Waals surface area (Å²) >= 11 is 10.5. The Morgan fingerprint density at radius 1 is 1.30 bits per heavy atom. The highest BCUT2D eigenvalue weighted by Gasteiger charge is 2.33. The van der Waals surface area contributed by atoms with Gasteiger partial charge in [0.1, 0.15) is 0 Å². The minimum absolute atomic E-state index is 0.0893. The second-order valence-corrected chi connectivity index (χ2v) is 6.49. The highest BCUT2D eigenvalue weighted by Crippen LogP contribution is 2.37. The van der Waals surface area contributed by atoms with Crippen LogP contribution in [0.25, 0.3) is 0 Å². The van der Waals surface area contributed by atoms with Crippen molar-refractivity contribution in [2.24, 2.45) is 0 Å². The van der Waals surface area contributed by atoms with Crippen LogP contribution in [-0.4, -0.2) is 0 Å². The number of thiophene rings is 1. The molecule has 0 saturated heterocycles. The highest BCUT2D eigenvalue weighted by molar-refractivity contribution is 9.10. The molecule has 0 spiro atoms. The van der Waals surface area contributed by atoms with Gasteiger partial charge >= 0.3 is 6.18 Å². The van der Waals surface area contributed by atoms with Gasteiger partial charge in [0.15, 0.2) is 0 Å². The number of halogens is 5. The molecule has 1 unspecified atom stereocenters. The molecular formula is C13H10BrClF3NS. The smallest absolute Gasteiger partial charge is 0.378 e. The molecule has 20 heavy (non-hydrogen) atoms. The second-order valence-electron chi connectivity index (χ2n) is 4.23. The number of alkyl halides is 3. The summed E-state index contributed by atoms with van der Waals surface area (Å²) in [6.45, 7) is 1.89. The number of hydrogen-bond acceptors (Lipinski definition) is 2. The molecule has 1 nitrogen and oxygen atoms in total. The van der Waals surface area contributed by atoms with Crippen molar-refractivity contribution in [1.29, 1.82) is 0 Å². The van der Waals surface area contributed by atoms with Gasteiger partial charge in [-0.25, -0.2) is 0 Å². The zero-order valence-electron chi connectivity index (χ0n) is 10.3. The van der Waals surface area contributed by atoms with Crippen LogP contribution in [0.3, 0.4) is 0 Å². The highest BCUT2D eigenvalue weighted by atomic mass is 79.9. The average molecular weight is 385 g/mol. The Morgan fingerprint density at radius 3 is 2.55 bits per heavy atom. The lowest BCUT2D eigenvalue weighted by atomic mass is 10.1. The lowest BCUT2D eigenvalue weighted by molar-refractivity contribution is -0.137. The summed E-state index contributed by atoms with van der Waals surface area (Å²) in [7, 11) is 0. The summed E-state index contributed by atoms with van der Waals surface area (Å²) in [6, 6.07) is 5.67. The van der Waals surface area contributed by atoms with Crippen LogP contribution >= 0.6 is 38.9 Å². The van der Waals surface area contributed by atoms with E-state index in [9.17, 15) is 13.2 Å². The molecule has 0 fully saturated rings. The van der Waals surface area contributed by atoms with E-state index < -0.39 is 11.7 Å². The van der Waals surface area contributed by atoms with Crippen molar-refractivity contribution in [2.45, 2.75) is 19.1 Å². The van der Waals surface area contributed by atoms with Gasteiger partial charge in [-0.05, 0) is 47.1 Å². The van der Waals surface area contributed by atoms with E-state index in [1.165, 1.54) is 23.5 Å². The molecule has 108 valence electrons. The standard InChI is InChI=1S/C13H10BrClF3NS/c1-7(12-4-8(14)6-20-12)19-9-2-3-11(15)10(5-9)13(16,17)18/h2-7,19H,1H3. The van der Waals surface area contributed by atoms with Gasteiger partial charge in [-0.3, -0.25) is 0 Å². The molecular weight excluding hydrogens is 375 g/mol. The summed E-state index contributed by atoms with van der Waals surface area (Å²) in [5, 5.41) is 4.67. The van der Waals surface area contributed by atoms with Crippen molar-refractivity contribution in [3.05, 3.63) is 49.6 Å². The topological polar surface area (TPSA) is 12.0 Å². The number of nitrogens with one attached hydrogen (secondary N) is 1. The third-order valence-corrected chi connectivity index (χ3v) is 4.88. The molecule has 0 radical (unpaired) electrons. The van der Waals surface area contributed by atoms with Crippen LogP contribution in [-0.2, 0) is 6.18 Å². The van der Waals surface area contributed by atoms with Crippen LogP contribution < -0.4 is 5.32 Å². The molecule has 2 rings (SSSR count). The predicted molar refractivity (Wildman–Crippen MR) is 80.5 cm³/mol. The molecule has 1 aromatic carbocycles. The fourth-order valence-electron chi connectivity index (χ4n) is 1.71. The van der Waals surface area contributed by atoms with E-state index in [1.807, 2.05) is 18.4 Å². The Balaban J connectivity index is 2.22. The summed E-state index contributed by atoms with van der Waals surface area (Å²) in [4.78, 5) is 1.03. The van der Waals surface area contributed by atoms with Gasteiger partial charge in [-0.15, -0.1) is 11.3 Å². The van der Waals surface area contributed by atoms with E-state index in [2.05, 4.69) is 21.2 Å². The lowest BCUT2D eigenvalue weighted by Gasteiger charge is -2.16. The van der Waals surface area contributed by atoms with Gasteiger partial charge in [0.05, 0.1) is 16.6 Å². The Bertz CT molecular complexity index is 612. The van der Waals surface area contributed by atoms with Crippen molar-refractivity contribution < 1.29 is 13.2 Å². The maximum absolute atomic E-state index is 12.8. The van der Waals surface area contributed by atoms with E-state index in [0.717, 1.165) is 15.4 Å². The monoisotopic (exact) mass is 383 g/mol. The molecule has 2 aromatic rings. The SMILES string of the molecule is CC(Nc1ccc(Cl)c(C(F)(F)F)c1)c1cc(Br)cs1. The van der Waals surface area contributed by atoms with Crippen LogP contribution in [0.5, 0.6) is 0 Å². The predicted octanol–water partition coefficient (Wildman–Crippen LogP) is 6.36. The minimum atomic E-state index is -4.45. The molecule has 0 aliphatic heterocycles. The number of rotatable bonds is 3. The van der Waals surface area contributed by atoms with Crippen LogP contribution in [0, 0.1) is 0 Å². The van der Waals surface area contributed by atoms with E-state index >= 15 is 0 Å². The number of benzene rings is 1.